The van der Waals surface area contributed by atoms with Crippen LogP contribution in [0.1, 0.15) is 134 Å². The number of nitrogens with two attached hydrogens (primary N) is 1. The Bertz CT molecular complexity index is 1710. The maximum Gasteiger partial charge on any atom is 0.326 e. The molecule has 1 aromatic carbocycles. The van der Waals surface area contributed by atoms with Gasteiger partial charge in [0, 0.05) is 68.6 Å². The third-order valence-electron chi connectivity index (χ3n) is 10.6. The molecule has 0 spiro atoms. The van der Waals surface area contributed by atoms with Gasteiger partial charge in [-0.25, -0.2) is 4.79 Å². The summed E-state index contributed by atoms with van der Waals surface area (Å²) in [6.45, 7) is 2.02. The summed E-state index contributed by atoms with van der Waals surface area (Å²) in [6, 6.07) is 3.94. The molecule has 0 bridgehead atoms. The number of para-hydroxylation sites is 1. The van der Waals surface area contributed by atoms with Crippen LogP contribution in [0.3, 0.4) is 0 Å². The third-order valence-corrected chi connectivity index (χ3v) is 10.6. The second kappa shape index (κ2) is 30.0. The number of aromatic amines is 1. The van der Waals surface area contributed by atoms with Gasteiger partial charge >= 0.3 is 17.9 Å². The highest BCUT2D eigenvalue weighted by Crippen LogP contribution is 2.23. The molecule has 10 N–H and O–H groups in total. The van der Waals surface area contributed by atoms with Crippen LogP contribution in [0.5, 0.6) is 0 Å². The van der Waals surface area contributed by atoms with Crippen LogP contribution >= 0.6 is 0 Å². The molecule has 2 rings (SSSR count). The largest absolute Gasteiger partial charge is 0.481 e. The zero-order valence-electron chi connectivity index (χ0n) is 35.6. The fraction of sp³-hybridized carbons (Fsp3) is 0.636. The lowest BCUT2D eigenvalue weighted by atomic mass is 9.90. The Kier molecular flexibility index (Phi) is 25.5. The van der Waals surface area contributed by atoms with Gasteiger partial charge in [0.2, 0.25) is 17.7 Å². The number of hydrogen-bond acceptors (Lipinski definition) is 10. The number of carbonyl (C=O) groups is 8. The summed E-state index contributed by atoms with van der Waals surface area (Å²) in [6.07, 6.45) is 13.6. The number of benzene rings is 1. The lowest BCUT2D eigenvalue weighted by Crippen LogP contribution is -2.52. The molecule has 17 heteroatoms. The van der Waals surface area contributed by atoms with Crippen LogP contribution in [0.15, 0.2) is 30.5 Å². The van der Waals surface area contributed by atoms with Crippen molar-refractivity contribution in [2.45, 2.75) is 153 Å². The van der Waals surface area contributed by atoms with E-state index in [4.69, 9.17) is 15.9 Å². The van der Waals surface area contributed by atoms with Gasteiger partial charge in [-0.15, -0.1) is 0 Å². The quantitative estimate of drug-likeness (QED) is 0.0436. The fourth-order valence-corrected chi connectivity index (χ4v) is 7.11. The van der Waals surface area contributed by atoms with Gasteiger partial charge in [-0.2, -0.15) is 0 Å². The summed E-state index contributed by atoms with van der Waals surface area (Å²) in [5, 5.41) is 38.9. The van der Waals surface area contributed by atoms with Crippen LogP contribution in [0, 0.1) is 5.92 Å². The highest BCUT2D eigenvalue weighted by atomic mass is 16.4. The third kappa shape index (κ3) is 22.9. The van der Waals surface area contributed by atoms with Crippen LogP contribution in [0.2, 0.25) is 0 Å². The molecule has 0 saturated heterocycles. The second-order valence-corrected chi connectivity index (χ2v) is 15.8. The molecule has 0 unspecified atom stereocenters. The first kappa shape index (κ1) is 52.0. The van der Waals surface area contributed by atoms with Crippen LogP contribution < -0.4 is 27.0 Å². The lowest BCUT2D eigenvalue weighted by Gasteiger charge is -2.22. The number of aliphatic carboxylic acids is 3. The number of rotatable bonds is 36. The van der Waals surface area contributed by atoms with E-state index in [-0.39, 0.29) is 50.2 Å². The van der Waals surface area contributed by atoms with Crippen molar-refractivity contribution < 1.29 is 53.7 Å². The standard InChI is InChI=1S/C44H68N6O11/c1-30(51)49-37(20-21-41(56)57)43(59)50-38(44(60)61)23-26-47-42(58)31(27-32-29-48-36-18-13-12-17-34(32)36)28-39(53)35(45)22-25-46-24-14-16-33(52)15-10-8-6-4-2-3-5-7-9-11-19-40(54)55/h12-13,17-18,29,31,35,37-38,46,48H,2-11,14-16,19-28,45H2,1H3,(H,47,58)(H,49,51)(H,50,59)(H,54,55)(H,56,57)(H,60,61)/t31-,35-,37+,38-/m0/s1. The highest BCUT2D eigenvalue weighted by molar-refractivity contribution is 5.92. The van der Waals surface area contributed by atoms with Crippen LogP contribution in [-0.2, 0) is 44.8 Å². The van der Waals surface area contributed by atoms with E-state index in [0.29, 0.717) is 38.8 Å². The summed E-state index contributed by atoms with van der Waals surface area (Å²) in [4.78, 5) is 100. The van der Waals surface area contributed by atoms with Gasteiger partial charge in [-0.05, 0) is 69.7 Å². The Hall–Kier alpha value is -5.16. The summed E-state index contributed by atoms with van der Waals surface area (Å²) < 4.78 is 0. The summed E-state index contributed by atoms with van der Waals surface area (Å²) in [5.74, 6) is -6.21. The van der Waals surface area contributed by atoms with Crippen molar-refractivity contribution >= 4 is 58.1 Å². The van der Waals surface area contributed by atoms with Gasteiger partial charge in [0.1, 0.15) is 23.7 Å². The molecule has 0 aliphatic carbocycles. The molecular weight excluding hydrogens is 789 g/mol. The summed E-state index contributed by atoms with van der Waals surface area (Å²) in [7, 11) is 0. The average Bonchev–Trinajstić information content (AvgIpc) is 3.62. The molecule has 1 aromatic heterocycles. The van der Waals surface area contributed by atoms with Gasteiger partial charge in [0.25, 0.3) is 0 Å². The van der Waals surface area contributed by atoms with E-state index >= 15 is 0 Å². The van der Waals surface area contributed by atoms with E-state index in [1.54, 1.807) is 6.20 Å². The number of nitrogens with one attached hydrogen (secondary N) is 5. The van der Waals surface area contributed by atoms with Gasteiger partial charge in [0.05, 0.1) is 6.04 Å². The van der Waals surface area contributed by atoms with E-state index in [0.717, 1.165) is 81.2 Å². The monoisotopic (exact) mass is 856 g/mol. The average molecular weight is 857 g/mol. The number of carboxylic acid groups (broad SMARTS) is 3. The number of hydrogen-bond donors (Lipinski definition) is 9. The normalized spacial score (nSPS) is 13.1. The Morgan fingerprint density at radius 3 is 1.89 bits per heavy atom. The molecular formula is C44H68N6O11. The van der Waals surface area contributed by atoms with Gasteiger partial charge in [-0.1, -0.05) is 69.6 Å². The molecule has 4 atom stereocenters. The first-order chi connectivity index (χ1) is 29.2. The number of carboxylic acids is 3. The molecule has 3 amide bonds. The van der Waals surface area contributed by atoms with Gasteiger partial charge < -0.3 is 47.3 Å². The predicted molar refractivity (Wildman–Crippen MR) is 230 cm³/mol. The van der Waals surface area contributed by atoms with Crippen molar-refractivity contribution in [3.8, 4) is 0 Å². The van der Waals surface area contributed by atoms with Crippen molar-refractivity contribution in [2.24, 2.45) is 11.7 Å². The molecule has 17 nitrogen and oxygen atoms in total. The Balaban J connectivity index is 1.79. The molecule has 0 radical (unpaired) electrons. The van der Waals surface area contributed by atoms with Crippen LogP contribution in [0.25, 0.3) is 10.9 Å². The topological polar surface area (TPSA) is 287 Å². The fourth-order valence-electron chi connectivity index (χ4n) is 7.11. The molecule has 0 fully saturated rings. The number of ketones is 2. The molecule has 0 aliphatic rings. The van der Waals surface area contributed by atoms with Crippen LogP contribution in [-0.4, -0.2) is 105 Å². The number of Topliss-reactive ketones (excluding diaryl/α,β-unsaturated/α-hetero) is 2. The second-order valence-electron chi connectivity index (χ2n) is 15.8. The van der Waals surface area contributed by atoms with E-state index in [9.17, 15) is 43.5 Å². The number of aromatic nitrogens is 1. The van der Waals surface area contributed by atoms with E-state index < -0.39 is 66.1 Å². The minimum absolute atomic E-state index is 0.168. The Labute approximate surface area is 358 Å². The SMILES string of the molecule is CC(=O)N[C@H](CCC(=O)O)C(=O)N[C@@H](CCNC(=O)[C@H](CC(=O)[C@@H](N)CCNCCCC(=O)CCCCCCCCCCCCC(=O)O)Cc1c[nH]c2ccccc12)C(=O)O. The summed E-state index contributed by atoms with van der Waals surface area (Å²) in [5.41, 5.74) is 7.95. The van der Waals surface area contributed by atoms with E-state index in [2.05, 4.69) is 26.3 Å². The van der Waals surface area contributed by atoms with Gasteiger partial charge in [-0.3, -0.25) is 33.6 Å². The van der Waals surface area contributed by atoms with E-state index in [1.165, 1.54) is 6.42 Å². The molecule has 340 valence electrons. The maximum atomic E-state index is 13.6. The van der Waals surface area contributed by atoms with Crippen LogP contribution in [0.4, 0.5) is 0 Å². The zero-order valence-corrected chi connectivity index (χ0v) is 35.6. The maximum absolute atomic E-state index is 13.6. The van der Waals surface area contributed by atoms with Crippen molar-refractivity contribution in [3.63, 3.8) is 0 Å². The number of fused-ring (bicyclic) bond motifs is 1. The molecule has 0 aliphatic heterocycles. The van der Waals surface area contributed by atoms with E-state index in [1.807, 2.05) is 24.3 Å². The van der Waals surface area contributed by atoms with Crippen molar-refractivity contribution in [3.05, 3.63) is 36.0 Å². The first-order valence-corrected chi connectivity index (χ1v) is 21.7. The van der Waals surface area contributed by atoms with Crippen molar-refractivity contribution in [2.75, 3.05) is 19.6 Å². The first-order valence-electron chi connectivity index (χ1n) is 21.7. The minimum Gasteiger partial charge on any atom is -0.481 e. The zero-order chi connectivity index (χ0) is 45.0. The number of carbonyl (C=O) groups excluding carboxylic acids is 5. The number of unbranched alkanes of at least 4 members (excludes halogenated alkanes) is 9. The predicted octanol–water partition coefficient (Wildman–Crippen LogP) is 4.15. The van der Waals surface area contributed by atoms with Crippen molar-refractivity contribution in [1.82, 2.24) is 26.3 Å². The Morgan fingerprint density at radius 1 is 0.656 bits per heavy atom. The minimum atomic E-state index is -1.46. The molecule has 0 saturated carbocycles. The van der Waals surface area contributed by atoms with Crippen molar-refractivity contribution in [1.29, 1.82) is 0 Å². The Morgan fingerprint density at radius 2 is 1.26 bits per heavy atom. The molecule has 2 aromatic rings. The molecule has 1 heterocycles. The summed E-state index contributed by atoms with van der Waals surface area (Å²) >= 11 is 0. The number of H-pyrrole nitrogens is 1. The lowest BCUT2D eigenvalue weighted by molar-refractivity contribution is -0.143. The highest BCUT2D eigenvalue weighted by Gasteiger charge is 2.29. The van der Waals surface area contributed by atoms with Gasteiger partial charge in [0.15, 0.2) is 0 Å². The molecule has 61 heavy (non-hydrogen) atoms. The smallest absolute Gasteiger partial charge is 0.326 e. The number of amides is 3.